The third-order valence-electron chi connectivity index (χ3n) is 4.08. The van der Waals surface area contributed by atoms with E-state index in [0.29, 0.717) is 18.7 Å². The molecule has 23 heavy (non-hydrogen) atoms. The average Bonchev–Trinajstić information content (AvgIpc) is 3.15. The summed E-state index contributed by atoms with van der Waals surface area (Å²) >= 11 is 0. The number of hydrogen-bond acceptors (Lipinski definition) is 4. The maximum Gasteiger partial charge on any atom is 0.311 e. The lowest BCUT2D eigenvalue weighted by molar-refractivity contribution is -0.147. The number of aromatic nitrogens is 3. The fourth-order valence-electron chi connectivity index (χ4n) is 2.55. The first-order valence-electron chi connectivity index (χ1n) is 7.10. The van der Waals surface area contributed by atoms with Crippen LogP contribution in [0.25, 0.3) is 5.69 Å². The number of carboxylic acid groups (broad SMARTS) is 1. The number of likely N-dealkylation sites (tertiary alicyclic amines) is 1. The van der Waals surface area contributed by atoms with Crippen molar-refractivity contribution < 1.29 is 19.1 Å². The van der Waals surface area contributed by atoms with Gasteiger partial charge >= 0.3 is 5.97 Å². The number of rotatable bonds is 3. The summed E-state index contributed by atoms with van der Waals surface area (Å²) in [6.45, 7) is 2.13. The zero-order valence-corrected chi connectivity index (χ0v) is 12.4. The summed E-state index contributed by atoms with van der Waals surface area (Å²) < 4.78 is 14.3. The third-order valence-corrected chi connectivity index (χ3v) is 4.08. The number of amides is 1. The Morgan fingerprint density at radius 1 is 1.30 bits per heavy atom. The van der Waals surface area contributed by atoms with E-state index in [-0.39, 0.29) is 24.0 Å². The highest BCUT2D eigenvalue weighted by molar-refractivity contribution is 5.93. The van der Waals surface area contributed by atoms with Crippen LogP contribution in [0.15, 0.2) is 30.5 Å². The van der Waals surface area contributed by atoms with Crippen molar-refractivity contribution in [3.8, 4) is 5.69 Å². The monoisotopic (exact) mass is 318 g/mol. The minimum absolute atomic E-state index is 0.129. The molecule has 2 heterocycles. The fraction of sp³-hybridized carbons (Fsp3) is 0.333. The zero-order valence-electron chi connectivity index (χ0n) is 12.4. The van der Waals surface area contributed by atoms with E-state index in [1.54, 1.807) is 6.92 Å². The number of carbonyl (C=O) groups is 2. The second-order valence-corrected chi connectivity index (χ2v) is 5.87. The maximum atomic E-state index is 12.9. The van der Waals surface area contributed by atoms with Gasteiger partial charge in [-0.3, -0.25) is 9.59 Å². The smallest absolute Gasteiger partial charge is 0.311 e. The number of aliphatic carboxylic acids is 1. The first kappa shape index (κ1) is 15.1. The largest absolute Gasteiger partial charge is 0.481 e. The summed E-state index contributed by atoms with van der Waals surface area (Å²) in [5.41, 5.74) is -0.221. The Morgan fingerprint density at radius 2 is 2.00 bits per heavy atom. The third kappa shape index (κ3) is 2.79. The van der Waals surface area contributed by atoms with Gasteiger partial charge in [-0.25, -0.2) is 9.07 Å². The molecule has 0 radical (unpaired) electrons. The summed E-state index contributed by atoms with van der Waals surface area (Å²) in [5, 5.41) is 16.9. The summed E-state index contributed by atoms with van der Waals surface area (Å²) in [6.07, 6.45) is 1.85. The van der Waals surface area contributed by atoms with Crippen LogP contribution in [-0.4, -0.2) is 50.0 Å². The Kier molecular flexibility index (Phi) is 3.59. The van der Waals surface area contributed by atoms with Gasteiger partial charge in [0.25, 0.3) is 5.91 Å². The molecule has 1 amide bonds. The first-order valence-corrected chi connectivity index (χ1v) is 7.10. The van der Waals surface area contributed by atoms with Crippen molar-refractivity contribution in [1.29, 1.82) is 0 Å². The van der Waals surface area contributed by atoms with Crippen molar-refractivity contribution in [3.05, 3.63) is 42.0 Å². The van der Waals surface area contributed by atoms with Crippen LogP contribution in [-0.2, 0) is 4.79 Å². The van der Waals surface area contributed by atoms with Crippen molar-refractivity contribution >= 4 is 11.9 Å². The van der Waals surface area contributed by atoms with E-state index < -0.39 is 11.4 Å². The van der Waals surface area contributed by atoms with E-state index in [1.807, 2.05) is 0 Å². The number of hydrogen-bond donors (Lipinski definition) is 1. The van der Waals surface area contributed by atoms with Gasteiger partial charge in [0.1, 0.15) is 5.82 Å². The predicted octanol–water partition coefficient (Wildman–Crippen LogP) is 1.34. The van der Waals surface area contributed by atoms with Crippen molar-refractivity contribution in [2.75, 3.05) is 13.1 Å². The Bertz CT molecular complexity index is 758. The molecule has 120 valence electrons. The lowest BCUT2D eigenvalue weighted by atomic mass is 9.90. The second kappa shape index (κ2) is 5.45. The normalized spacial score (nSPS) is 20.7. The van der Waals surface area contributed by atoms with Crippen LogP contribution in [0.4, 0.5) is 4.39 Å². The SMILES string of the molecule is C[C@@]1(C(=O)O)CCN(C(=O)c2cn(-c3ccc(F)cc3)nn2)C1. The van der Waals surface area contributed by atoms with Crippen molar-refractivity contribution in [1.82, 2.24) is 19.9 Å². The molecule has 1 aliphatic rings. The molecule has 1 N–H and O–H groups in total. The Hall–Kier alpha value is -2.77. The standard InChI is InChI=1S/C15H15FN4O3/c1-15(14(22)23)6-7-19(9-15)13(21)12-8-20(18-17-12)11-4-2-10(16)3-5-11/h2-5,8H,6-7,9H2,1H3,(H,22,23)/t15-/m1/s1. The molecule has 0 unspecified atom stereocenters. The summed E-state index contributed by atoms with van der Waals surface area (Å²) in [7, 11) is 0. The molecule has 0 saturated carbocycles. The van der Waals surface area contributed by atoms with Crippen molar-refractivity contribution in [2.45, 2.75) is 13.3 Å². The number of carbonyl (C=O) groups excluding carboxylic acids is 1. The summed E-state index contributed by atoms with van der Waals surface area (Å²) in [5.74, 6) is -1.64. The van der Waals surface area contributed by atoms with Gasteiger partial charge in [-0.2, -0.15) is 0 Å². The lowest BCUT2D eigenvalue weighted by Gasteiger charge is -2.19. The molecule has 1 atom stereocenters. The van der Waals surface area contributed by atoms with E-state index in [9.17, 15) is 19.1 Å². The molecular formula is C15H15FN4O3. The maximum absolute atomic E-state index is 12.9. The van der Waals surface area contributed by atoms with Crippen LogP contribution in [0.2, 0.25) is 0 Å². The van der Waals surface area contributed by atoms with Gasteiger partial charge in [0.2, 0.25) is 0 Å². The highest BCUT2D eigenvalue weighted by atomic mass is 19.1. The number of nitrogens with zero attached hydrogens (tertiary/aromatic N) is 4. The number of carboxylic acids is 1. The molecule has 1 aromatic heterocycles. The Labute approximate surface area is 131 Å². The minimum Gasteiger partial charge on any atom is -0.481 e. The molecule has 1 saturated heterocycles. The van der Waals surface area contributed by atoms with E-state index in [0.717, 1.165) is 0 Å². The minimum atomic E-state index is -0.928. The van der Waals surface area contributed by atoms with E-state index in [2.05, 4.69) is 10.3 Å². The quantitative estimate of drug-likeness (QED) is 0.922. The van der Waals surface area contributed by atoms with Crippen molar-refractivity contribution in [2.24, 2.45) is 5.41 Å². The van der Waals surface area contributed by atoms with Gasteiger partial charge in [0.05, 0.1) is 17.3 Å². The molecule has 3 rings (SSSR count). The van der Waals surface area contributed by atoms with Crippen molar-refractivity contribution in [3.63, 3.8) is 0 Å². The lowest BCUT2D eigenvalue weighted by Crippen LogP contribution is -2.35. The molecule has 0 bridgehead atoms. The highest BCUT2D eigenvalue weighted by Gasteiger charge is 2.42. The molecule has 1 fully saturated rings. The van der Waals surface area contributed by atoms with Crippen LogP contribution in [0.3, 0.4) is 0 Å². The molecule has 8 heteroatoms. The molecule has 2 aromatic rings. The highest BCUT2D eigenvalue weighted by Crippen LogP contribution is 2.30. The topological polar surface area (TPSA) is 88.3 Å². The van der Waals surface area contributed by atoms with Gasteiger partial charge in [-0.1, -0.05) is 5.21 Å². The van der Waals surface area contributed by atoms with E-state index in [4.69, 9.17) is 0 Å². The number of halogens is 1. The molecule has 1 aliphatic heterocycles. The molecule has 0 spiro atoms. The Morgan fingerprint density at radius 3 is 2.61 bits per heavy atom. The van der Waals surface area contributed by atoms with Crippen LogP contribution >= 0.6 is 0 Å². The van der Waals surface area contributed by atoms with E-state index in [1.165, 1.54) is 40.0 Å². The van der Waals surface area contributed by atoms with Gasteiger partial charge in [0.15, 0.2) is 5.69 Å². The van der Waals surface area contributed by atoms with Crippen LogP contribution in [0.1, 0.15) is 23.8 Å². The second-order valence-electron chi connectivity index (χ2n) is 5.87. The van der Waals surface area contributed by atoms with Gasteiger partial charge in [0, 0.05) is 13.1 Å². The molecule has 1 aromatic carbocycles. The average molecular weight is 318 g/mol. The summed E-state index contributed by atoms with van der Waals surface area (Å²) in [4.78, 5) is 25.1. The fourth-order valence-corrected chi connectivity index (χ4v) is 2.55. The van der Waals surface area contributed by atoms with Gasteiger partial charge in [-0.05, 0) is 37.6 Å². The Balaban J connectivity index is 1.77. The zero-order chi connectivity index (χ0) is 16.6. The molecule has 7 nitrogen and oxygen atoms in total. The molecule has 0 aliphatic carbocycles. The van der Waals surface area contributed by atoms with Crippen LogP contribution in [0.5, 0.6) is 0 Å². The predicted molar refractivity (Wildman–Crippen MR) is 77.6 cm³/mol. The van der Waals surface area contributed by atoms with Crippen LogP contribution in [0, 0.1) is 11.2 Å². The molecular weight excluding hydrogens is 303 g/mol. The number of benzene rings is 1. The van der Waals surface area contributed by atoms with Crippen LogP contribution < -0.4 is 0 Å². The van der Waals surface area contributed by atoms with Gasteiger partial charge in [-0.15, -0.1) is 5.10 Å². The summed E-state index contributed by atoms with van der Waals surface area (Å²) in [6, 6.07) is 5.62. The first-order chi connectivity index (χ1) is 10.9. The van der Waals surface area contributed by atoms with Gasteiger partial charge < -0.3 is 10.0 Å². The van der Waals surface area contributed by atoms with E-state index >= 15 is 0 Å².